The monoisotopic (exact) mass is 276 g/mol. The van der Waals surface area contributed by atoms with Gasteiger partial charge in [-0.1, -0.05) is 18.2 Å². The van der Waals surface area contributed by atoms with E-state index in [1.165, 1.54) is 10.1 Å². The molecule has 2 heterocycles. The number of hydrogen-bond acceptors (Lipinski definition) is 3. The van der Waals surface area contributed by atoms with Gasteiger partial charge < -0.3 is 9.84 Å². The molecule has 1 aliphatic heterocycles. The Morgan fingerprint density at radius 2 is 2.26 bits per heavy atom. The third-order valence-corrected chi connectivity index (χ3v) is 5.30. The van der Waals surface area contributed by atoms with Crippen LogP contribution in [0.4, 0.5) is 0 Å². The quantitative estimate of drug-likeness (QED) is 0.912. The predicted octanol–water partition coefficient (Wildman–Crippen LogP) is 4.07. The van der Waals surface area contributed by atoms with Crippen molar-refractivity contribution in [2.45, 2.75) is 44.3 Å². The van der Waals surface area contributed by atoms with Crippen molar-refractivity contribution < 1.29 is 9.84 Å². The van der Waals surface area contributed by atoms with Crippen molar-refractivity contribution in [2.75, 3.05) is 6.61 Å². The molecule has 0 amide bonds. The molecule has 3 heteroatoms. The van der Waals surface area contributed by atoms with Crippen LogP contribution in [0.25, 0.3) is 10.1 Å². The van der Waals surface area contributed by atoms with E-state index in [4.69, 9.17) is 4.74 Å². The van der Waals surface area contributed by atoms with Gasteiger partial charge in [0.15, 0.2) is 0 Å². The summed E-state index contributed by atoms with van der Waals surface area (Å²) < 4.78 is 6.88. The van der Waals surface area contributed by atoms with Crippen LogP contribution >= 0.6 is 11.3 Å². The molecule has 0 bridgehead atoms. The van der Waals surface area contributed by atoms with E-state index in [0.29, 0.717) is 6.10 Å². The summed E-state index contributed by atoms with van der Waals surface area (Å²) in [6.07, 6.45) is 4.37. The molecular weight excluding hydrogens is 256 g/mol. The van der Waals surface area contributed by atoms with Crippen LogP contribution in [0.3, 0.4) is 0 Å². The minimum atomic E-state index is -0.740. The first-order valence-electron chi connectivity index (χ1n) is 6.98. The van der Waals surface area contributed by atoms with E-state index < -0.39 is 5.60 Å². The van der Waals surface area contributed by atoms with Crippen LogP contribution in [0, 0.1) is 0 Å². The fraction of sp³-hybridized carbons (Fsp3) is 0.500. The third-order valence-electron chi connectivity index (χ3n) is 3.93. The van der Waals surface area contributed by atoms with E-state index in [2.05, 4.69) is 18.2 Å². The van der Waals surface area contributed by atoms with E-state index in [1.807, 2.05) is 19.1 Å². The number of fused-ring (bicyclic) bond motifs is 1. The van der Waals surface area contributed by atoms with E-state index in [1.54, 1.807) is 11.3 Å². The molecule has 102 valence electrons. The Hall–Kier alpha value is -0.900. The van der Waals surface area contributed by atoms with Crippen molar-refractivity contribution in [3.05, 3.63) is 35.2 Å². The summed E-state index contributed by atoms with van der Waals surface area (Å²) in [6.45, 7) is 2.81. The molecule has 2 unspecified atom stereocenters. The Morgan fingerprint density at radius 3 is 3.00 bits per heavy atom. The van der Waals surface area contributed by atoms with Gasteiger partial charge in [0.05, 0.1) is 11.7 Å². The van der Waals surface area contributed by atoms with Crippen molar-refractivity contribution in [2.24, 2.45) is 0 Å². The second kappa shape index (κ2) is 5.23. The Balaban J connectivity index is 1.74. The van der Waals surface area contributed by atoms with Gasteiger partial charge in [-0.05, 0) is 50.1 Å². The predicted molar refractivity (Wildman–Crippen MR) is 79.6 cm³/mol. The number of benzene rings is 1. The van der Waals surface area contributed by atoms with Gasteiger partial charge in [0, 0.05) is 16.2 Å². The van der Waals surface area contributed by atoms with Gasteiger partial charge in [0.1, 0.15) is 0 Å². The van der Waals surface area contributed by atoms with Crippen LogP contribution in [-0.4, -0.2) is 17.8 Å². The van der Waals surface area contributed by atoms with Crippen LogP contribution in [0.2, 0.25) is 0 Å². The Bertz CT molecular complexity index is 520. The average Bonchev–Trinajstić information content (AvgIpc) is 3.05. The second-order valence-electron chi connectivity index (χ2n) is 5.60. The van der Waals surface area contributed by atoms with E-state index in [9.17, 15) is 5.11 Å². The largest absolute Gasteiger partial charge is 0.385 e. The molecule has 1 aromatic carbocycles. The molecule has 2 atom stereocenters. The van der Waals surface area contributed by atoms with Crippen molar-refractivity contribution in [1.82, 2.24) is 0 Å². The standard InChI is InChI=1S/C16H20O2S/c1-16(17,9-8-13-6-4-10-18-13)15-11-12-5-2-3-7-14(12)19-15/h2-3,5,7,11,13,17H,4,6,8-10H2,1H3. The lowest BCUT2D eigenvalue weighted by Gasteiger charge is -2.23. The first-order chi connectivity index (χ1) is 9.15. The van der Waals surface area contributed by atoms with Crippen LogP contribution in [0.5, 0.6) is 0 Å². The third kappa shape index (κ3) is 2.83. The fourth-order valence-electron chi connectivity index (χ4n) is 2.68. The molecule has 19 heavy (non-hydrogen) atoms. The highest BCUT2D eigenvalue weighted by atomic mass is 32.1. The molecule has 1 saturated heterocycles. The minimum Gasteiger partial charge on any atom is -0.385 e. The summed E-state index contributed by atoms with van der Waals surface area (Å²) >= 11 is 1.70. The lowest BCUT2D eigenvalue weighted by atomic mass is 9.95. The molecule has 1 aromatic heterocycles. The van der Waals surface area contributed by atoms with Gasteiger partial charge in [0.25, 0.3) is 0 Å². The summed E-state index contributed by atoms with van der Waals surface area (Å²) in [6, 6.07) is 10.4. The molecule has 1 fully saturated rings. The van der Waals surface area contributed by atoms with Crippen LogP contribution in [0.1, 0.15) is 37.5 Å². The van der Waals surface area contributed by atoms with Crippen molar-refractivity contribution >= 4 is 21.4 Å². The maximum Gasteiger partial charge on any atom is 0.0961 e. The molecular formula is C16H20O2S. The Morgan fingerprint density at radius 1 is 1.42 bits per heavy atom. The molecule has 0 saturated carbocycles. The Kier molecular flexibility index (Phi) is 3.61. The number of ether oxygens (including phenoxy) is 1. The molecule has 1 aliphatic rings. The molecule has 1 N–H and O–H groups in total. The highest BCUT2D eigenvalue weighted by Gasteiger charge is 2.27. The molecule has 3 rings (SSSR count). The maximum absolute atomic E-state index is 10.7. The normalized spacial score (nSPS) is 22.7. The van der Waals surface area contributed by atoms with Gasteiger partial charge in [-0.25, -0.2) is 0 Å². The van der Waals surface area contributed by atoms with Gasteiger partial charge in [0.2, 0.25) is 0 Å². The van der Waals surface area contributed by atoms with E-state index in [-0.39, 0.29) is 0 Å². The van der Waals surface area contributed by atoms with Crippen molar-refractivity contribution in [3.63, 3.8) is 0 Å². The lowest BCUT2D eigenvalue weighted by molar-refractivity contribution is 0.0249. The van der Waals surface area contributed by atoms with Crippen molar-refractivity contribution in [1.29, 1.82) is 0 Å². The van der Waals surface area contributed by atoms with Crippen LogP contribution in [0.15, 0.2) is 30.3 Å². The maximum atomic E-state index is 10.7. The zero-order valence-electron chi connectivity index (χ0n) is 11.3. The smallest absolute Gasteiger partial charge is 0.0961 e. The topological polar surface area (TPSA) is 29.5 Å². The first-order valence-corrected chi connectivity index (χ1v) is 7.80. The van der Waals surface area contributed by atoms with Crippen LogP contribution in [-0.2, 0) is 10.3 Å². The van der Waals surface area contributed by atoms with Gasteiger partial charge >= 0.3 is 0 Å². The highest BCUT2D eigenvalue weighted by Crippen LogP contribution is 2.36. The first kappa shape index (κ1) is 13.1. The minimum absolute atomic E-state index is 0.348. The highest BCUT2D eigenvalue weighted by molar-refractivity contribution is 7.19. The molecule has 0 spiro atoms. The zero-order chi connectivity index (χ0) is 13.3. The number of thiophene rings is 1. The molecule has 2 nitrogen and oxygen atoms in total. The fourth-order valence-corrected chi connectivity index (χ4v) is 3.82. The van der Waals surface area contributed by atoms with E-state index in [0.717, 1.165) is 37.2 Å². The Labute approximate surface area is 118 Å². The number of aliphatic hydroxyl groups is 1. The van der Waals surface area contributed by atoms with Crippen molar-refractivity contribution in [3.8, 4) is 0 Å². The van der Waals surface area contributed by atoms with Crippen LogP contribution < -0.4 is 0 Å². The van der Waals surface area contributed by atoms with Gasteiger partial charge in [-0.2, -0.15) is 0 Å². The SMILES string of the molecule is CC(O)(CCC1CCCO1)c1cc2ccccc2s1. The summed E-state index contributed by atoms with van der Waals surface area (Å²) in [5.41, 5.74) is -0.740. The van der Waals surface area contributed by atoms with E-state index >= 15 is 0 Å². The average molecular weight is 276 g/mol. The lowest BCUT2D eigenvalue weighted by Crippen LogP contribution is -2.22. The molecule has 0 radical (unpaired) electrons. The molecule has 2 aromatic rings. The number of rotatable bonds is 4. The van der Waals surface area contributed by atoms with Gasteiger partial charge in [-0.15, -0.1) is 11.3 Å². The summed E-state index contributed by atoms with van der Waals surface area (Å²) in [4.78, 5) is 1.06. The zero-order valence-corrected chi connectivity index (χ0v) is 12.1. The number of hydrogen-bond donors (Lipinski definition) is 1. The molecule has 0 aliphatic carbocycles. The summed E-state index contributed by atoms with van der Waals surface area (Å²) in [7, 11) is 0. The summed E-state index contributed by atoms with van der Waals surface area (Å²) in [5, 5.41) is 11.9. The summed E-state index contributed by atoms with van der Waals surface area (Å²) in [5.74, 6) is 0. The second-order valence-corrected chi connectivity index (χ2v) is 6.68. The van der Waals surface area contributed by atoms with Gasteiger partial charge in [-0.3, -0.25) is 0 Å².